The molecule has 2 fully saturated rings. The van der Waals surface area contributed by atoms with E-state index < -0.39 is 12.1 Å². The Balaban J connectivity index is 1.54. The Morgan fingerprint density at radius 2 is 1.87 bits per heavy atom. The number of hydrogen-bond donors (Lipinski definition) is 2. The van der Waals surface area contributed by atoms with Crippen LogP contribution in [0.2, 0.25) is 0 Å². The lowest BCUT2D eigenvalue weighted by Crippen LogP contribution is -2.70. The highest BCUT2D eigenvalue weighted by molar-refractivity contribution is 6.02. The van der Waals surface area contributed by atoms with Gasteiger partial charge in [0.05, 0.1) is 12.6 Å². The Hall–Kier alpha value is -3.26. The Labute approximate surface area is 181 Å². The van der Waals surface area contributed by atoms with Gasteiger partial charge < -0.3 is 15.5 Å². The molecule has 0 spiro atoms. The van der Waals surface area contributed by atoms with Crippen molar-refractivity contribution >= 4 is 23.5 Å². The van der Waals surface area contributed by atoms with Crippen molar-refractivity contribution in [2.24, 2.45) is 0 Å². The Morgan fingerprint density at radius 3 is 2.58 bits per heavy atom. The van der Waals surface area contributed by atoms with Crippen LogP contribution >= 0.6 is 0 Å². The maximum atomic E-state index is 13.3. The van der Waals surface area contributed by atoms with Crippen molar-refractivity contribution < 1.29 is 14.4 Å². The molecule has 0 aliphatic carbocycles. The predicted octanol–water partition coefficient (Wildman–Crippen LogP) is 2.22. The number of carbonyl (C=O) groups is 3. The lowest BCUT2D eigenvalue weighted by molar-refractivity contribution is -0.138. The number of carbonyl (C=O) groups excluding carboxylic acids is 3. The number of imide groups is 1. The van der Waals surface area contributed by atoms with Crippen molar-refractivity contribution in [2.75, 3.05) is 18.4 Å². The molecule has 31 heavy (non-hydrogen) atoms. The van der Waals surface area contributed by atoms with E-state index in [-0.39, 0.29) is 30.9 Å². The van der Waals surface area contributed by atoms with E-state index >= 15 is 0 Å². The molecule has 2 saturated heterocycles. The zero-order chi connectivity index (χ0) is 22.0. The molecule has 2 aromatic rings. The summed E-state index contributed by atoms with van der Waals surface area (Å²) in [5, 5.41) is 6.14. The Morgan fingerprint density at radius 1 is 1.16 bits per heavy atom. The van der Waals surface area contributed by atoms with Crippen LogP contribution in [0.1, 0.15) is 29.5 Å². The van der Waals surface area contributed by atoms with Crippen molar-refractivity contribution in [1.82, 2.24) is 20.1 Å². The van der Waals surface area contributed by atoms with Crippen molar-refractivity contribution in [1.29, 1.82) is 0 Å². The Bertz CT molecular complexity index is 974. The third-order valence-corrected chi connectivity index (χ3v) is 5.74. The summed E-state index contributed by atoms with van der Waals surface area (Å²) in [6, 6.07) is 8.12. The molecule has 1 aromatic carbocycles. The molecule has 162 valence electrons. The number of aryl methyl sites for hydroxylation is 2. The minimum atomic E-state index is -0.498. The molecule has 0 bridgehead atoms. The van der Waals surface area contributed by atoms with Gasteiger partial charge in [0.25, 0.3) is 0 Å². The second kappa shape index (κ2) is 8.85. The normalized spacial score (nSPS) is 21.1. The molecule has 1 aromatic heterocycles. The monoisotopic (exact) mass is 421 g/mol. The summed E-state index contributed by atoms with van der Waals surface area (Å²) >= 11 is 0. The average Bonchev–Trinajstić information content (AvgIpc) is 2.74. The second-order valence-electron chi connectivity index (χ2n) is 8.26. The van der Waals surface area contributed by atoms with E-state index in [9.17, 15) is 14.4 Å². The lowest BCUT2D eigenvalue weighted by Gasteiger charge is -2.46. The topological polar surface area (TPSA) is 94.6 Å². The van der Waals surface area contributed by atoms with Gasteiger partial charge in [0, 0.05) is 18.1 Å². The van der Waals surface area contributed by atoms with E-state index in [4.69, 9.17) is 0 Å². The highest BCUT2D eigenvalue weighted by atomic mass is 16.2. The molecule has 0 radical (unpaired) electrons. The number of urea groups is 1. The summed E-state index contributed by atoms with van der Waals surface area (Å²) in [6.07, 6.45) is 4.80. The fourth-order valence-electron chi connectivity index (χ4n) is 4.42. The van der Waals surface area contributed by atoms with Gasteiger partial charge in [-0.05, 0) is 74.2 Å². The van der Waals surface area contributed by atoms with E-state index in [1.54, 1.807) is 24.5 Å². The number of pyridine rings is 1. The molecular formula is C23H27N5O3. The highest BCUT2D eigenvalue weighted by Crippen LogP contribution is 2.26. The number of fused-ring (bicyclic) bond motifs is 1. The first-order valence-electron chi connectivity index (χ1n) is 10.5. The summed E-state index contributed by atoms with van der Waals surface area (Å²) < 4.78 is 0. The number of nitrogens with one attached hydrogen (secondary N) is 2. The second-order valence-corrected chi connectivity index (χ2v) is 8.26. The van der Waals surface area contributed by atoms with Crippen LogP contribution in [0, 0.1) is 13.8 Å². The van der Waals surface area contributed by atoms with Gasteiger partial charge >= 0.3 is 6.03 Å². The van der Waals surface area contributed by atoms with Crippen LogP contribution in [0.5, 0.6) is 0 Å². The summed E-state index contributed by atoms with van der Waals surface area (Å²) in [7, 11) is 0. The Kier molecular flexibility index (Phi) is 5.99. The van der Waals surface area contributed by atoms with Crippen LogP contribution in [-0.4, -0.2) is 57.8 Å². The van der Waals surface area contributed by atoms with Gasteiger partial charge in [-0.15, -0.1) is 0 Å². The van der Waals surface area contributed by atoms with Gasteiger partial charge in [0.15, 0.2) is 0 Å². The quantitative estimate of drug-likeness (QED) is 0.772. The largest absolute Gasteiger partial charge is 0.327 e. The van der Waals surface area contributed by atoms with Crippen molar-refractivity contribution in [2.45, 2.75) is 45.3 Å². The number of anilines is 1. The van der Waals surface area contributed by atoms with E-state index in [0.29, 0.717) is 18.7 Å². The molecule has 2 unspecified atom stereocenters. The maximum absolute atomic E-state index is 13.3. The molecule has 2 aliphatic heterocycles. The number of aromatic nitrogens is 1. The zero-order valence-corrected chi connectivity index (χ0v) is 17.8. The zero-order valence-electron chi connectivity index (χ0n) is 17.8. The fourth-order valence-corrected chi connectivity index (χ4v) is 4.42. The van der Waals surface area contributed by atoms with Crippen molar-refractivity contribution in [3.63, 3.8) is 0 Å². The first kappa shape index (κ1) is 21.0. The van der Waals surface area contributed by atoms with Crippen LogP contribution in [0.4, 0.5) is 10.5 Å². The summed E-state index contributed by atoms with van der Waals surface area (Å²) in [4.78, 5) is 46.0. The molecule has 8 heteroatoms. The molecule has 2 aliphatic rings. The maximum Gasteiger partial charge on any atom is 0.327 e. The number of rotatable bonds is 5. The molecule has 8 nitrogen and oxygen atoms in total. The van der Waals surface area contributed by atoms with Crippen LogP contribution in [-0.2, 0) is 16.1 Å². The predicted molar refractivity (Wildman–Crippen MR) is 116 cm³/mol. The first-order chi connectivity index (χ1) is 14.9. The van der Waals surface area contributed by atoms with Gasteiger partial charge in [-0.25, -0.2) is 4.79 Å². The SMILES string of the molecule is Cc1cc(C)cc(NC(=O)CN2C(=O)N(Cc3ccncc3)C(=O)C3NCCCC32)c1. The first-order valence-corrected chi connectivity index (χ1v) is 10.5. The summed E-state index contributed by atoms with van der Waals surface area (Å²) in [5.74, 6) is -0.515. The van der Waals surface area contributed by atoms with Crippen LogP contribution in [0.25, 0.3) is 0 Å². The number of hydrogen-bond acceptors (Lipinski definition) is 5. The molecular weight excluding hydrogens is 394 g/mol. The van der Waals surface area contributed by atoms with Crippen molar-refractivity contribution in [3.8, 4) is 0 Å². The third-order valence-electron chi connectivity index (χ3n) is 5.74. The molecule has 3 heterocycles. The van der Waals surface area contributed by atoms with E-state index in [0.717, 1.165) is 23.1 Å². The molecule has 4 amide bonds. The number of nitrogens with zero attached hydrogens (tertiary/aromatic N) is 3. The van der Waals surface area contributed by atoms with E-state index in [2.05, 4.69) is 15.6 Å². The fraction of sp³-hybridized carbons (Fsp3) is 0.391. The summed E-state index contributed by atoms with van der Waals surface area (Å²) in [6.45, 7) is 4.71. The smallest absolute Gasteiger partial charge is 0.325 e. The van der Waals surface area contributed by atoms with Crippen LogP contribution in [0.15, 0.2) is 42.7 Å². The molecule has 0 saturated carbocycles. The van der Waals surface area contributed by atoms with Gasteiger partial charge in [0.1, 0.15) is 12.6 Å². The third kappa shape index (κ3) is 4.59. The lowest BCUT2D eigenvalue weighted by atomic mass is 9.93. The standard InChI is InChI=1S/C23H27N5O3/c1-15-10-16(2)12-18(11-15)26-20(29)14-27-19-4-3-7-25-21(19)22(30)28(23(27)31)13-17-5-8-24-9-6-17/h5-6,8-12,19,21,25H,3-4,7,13-14H2,1-2H3,(H,26,29). The van der Waals surface area contributed by atoms with Gasteiger partial charge in [-0.1, -0.05) is 6.07 Å². The van der Waals surface area contributed by atoms with E-state index in [1.807, 2.05) is 32.0 Å². The average molecular weight is 422 g/mol. The highest BCUT2D eigenvalue weighted by Gasteiger charge is 2.47. The van der Waals surface area contributed by atoms with Crippen LogP contribution in [0.3, 0.4) is 0 Å². The minimum absolute atomic E-state index is 0.102. The number of benzene rings is 1. The van der Waals surface area contributed by atoms with E-state index in [1.165, 1.54) is 9.80 Å². The van der Waals surface area contributed by atoms with Crippen molar-refractivity contribution in [3.05, 3.63) is 59.4 Å². The number of piperidine rings is 1. The molecule has 2 N–H and O–H groups in total. The van der Waals surface area contributed by atoms with Gasteiger partial charge in [-0.2, -0.15) is 0 Å². The molecule has 4 rings (SSSR count). The minimum Gasteiger partial charge on any atom is -0.325 e. The molecule has 2 atom stereocenters. The summed E-state index contributed by atoms with van der Waals surface area (Å²) in [5.41, 5.74) is 3.62. The van der Waals surface area contributed by atoms with Gasteiger partial charge in [0.2, 0.25) is 11.8 Å². The van der Waals surface area contributed by atoms with Gasteiger partial charge in [-0.3, -0.25) is 19.5 Å². The number of amides is 4. The van der Waals surface area contributed by atoms with Crippen LogP contribution < -0.4 is 10.6 Å².